The van der Waals surface area contributed by atoms with Gasteiger partial charge in [-0.25, -0.2) is 4.39 Å². The van der Waals surface area contributed by atoms with E-state index >= 15 is 0 Å². The number of piperazine rings is 1. The van der Waals surface area contributed by atoms with Crippen LogP contribution < -0.4 is 4.74 Å². The Labute approximate surface area is 146 Å². The summed E-state index contributed by atoms with van der Waals surface area (Å²) in [4.78, 5) is 15.8. The maximum Gasteiger partial charge on any atom is 0.325 e. The number of hydrogen-bond acceptors (Lipinski definition) is 6. The van der Waals surface area contributed by atoms with Gasteiger partial charge in [0.1, 0.15) is 17.6 Å². The second-order valence-electron chi connectivity index (χ2n) is 5.84. The molecule has 140 valence electrons. The van der Waals surface area contributed by atoms with Gasteiger partial charge in [-0.05, 0) is 18.2 Å². The topological polar surface area (TPSA) is 82.5 Å². The number of rotatable bonds is 9. The zero-order valence-electron chi connectivity index (χ0n) is 14.4. The molecule has 0 amide bonds. The van der Waals surface area contributed by atoms with E-state index in [9.17, 15) is 14.3 Å². The molecule has 1 fully saturated rings. The van der Waals surface area contributed by atoms with Crippen molar-refractivity contribution in [3.05, 3.63) is 29.6 Å². The number of aliphatic hydroxyl groups excluding tert-OH is 1. The van der Waals surface area contributed by atoms with E-state index in [2.05, 4.69) is 4.90 Å². The van der Waals surface area contributed by atoms with Crippen molar-refractivity contribution < 1.29 is 28.9 Å². The standard InChI is InChI=1S/C17H25FN2O5/c1-24-15-3-2-13(18)12-14(15)16(17(22)23)20-6-4-19(5-7-20)8-10-25-11-9-21/h2-3,12,16,21H,4-11H2,1H3,(H,22,23)/t16-/m0/s1. The number of halogens is 1. The molecule has 0 bridgehead atoms. The Bertz CT molecular complexity index is 564. The van der Waals surface area contributed by atoms with Crippen molar-refractivity contribution in [1.29, 1.82) is 0 Å². The van der Waals surface area contributed by atoms with Gasteiger partial charge in [-0.2, -0.15) is 0 Å². The van der Waals surface area contributed by atoms with Gasteiger partial charge in [0.15, 0.2) is 0 Å². The highest BCUT2D eigenvalue weighted by Gasteiger charge is 2.32. The van der Waals surface area contributed by atoms with Crippen molar-refractivity contribution in [3.63, 3.8) is 0 Å². The van der Waals surface area contributed by atoms with Crippen LogP contribution in [0, 0.1) is 5.82 Å². The molecule has 1 atom stereocenters. The molecule has 7 nitrogen and oxygen atoms in total. The fourth-order valence-electron chi connectivity index (χ4n) is 3.01. The number of hydrogen-bond donors (Lipinski definition) is 2. The van der Waals surface area contributed by atoms with Gasteiger partial charge in [0.2, 0.25) is 0 Å². The number of nitrogens with zero attached hydrogens (tertiary/aromatic N) is 2. The number of aliphatic hydroxyl groups is 1. The lowest BCUT2D eigenvalue weighted by Gasteiger charge is -2.38. The molecule has 0 aromatic heterocycles. The van der Waals surface area contributed by atoms with Gasteiger partial charge in [-0.3, -0.25) is 14.6 Å². The van der Waals surface area contributed by atoms with Gasteiger partial charge >= 0.3 is 5.97 Å². The summed E-state index contributed by atoms with van der Waals surface area (Å²) >= 11 is 0. The first-order valence-corrected chi connectivity index (χ1v) is 8.28. The van der Waals surface area contributed by atoms with Crippen molar-refractivity contribution in [1.82, 2.24) is 9.80 Å². The zero-order chi connectivity index (χ0) is 18.2. The Morgan fingerprint density at radius 3 is 2.60 bits per heavy atom. The smallest absolute Gasteiger partial charge is 0.325 e. The summed E-state index contributed by atoms with van der Waals surface area (Å²) in [6.45, 7) is 4.08. The van der Waals surface area contributed by atoms with Crippen LogP contribution in [0.15, 0.2) is 18.2 Å². The van der Waals surface area contributed by atoms with Gasteiger partial charge < -0.3 is 19.7 Å². The van der Waals surface area contributed by atoms with Crippen LogP contribution in [0.3, 0.4) is 0 Å². The third-order valence-electron chi connectivity index (χ3n) is 4.28. The Kier molecular flexibility index (Phi) is 7.57. The van der Waals surface area contributed by atoms with Crippen LogP contribution in [0.25, 0.3) is 0 Å². The van der Waals surface area contributed by atoms with Crippen molar-refractivity contribution in [2.45, 2.75) is 6.04 Å². The van der Waals surface area contributed by atoms with Gasteiger partial charge in [0.25, 0.3) is 0 Å². The number of carbonyl (C=O) groups is 1. The SMILES string of the molecule is COc1ccc(F)cc1[C@@H](C(=O)O)N1CCN(CCOCCO)CC1. The minimum Gasteiger partial charge on any atom is -0.496 e. The molecule has 0 aliphatic carbocycles. The molecule has 0 unspecified atom stereocenters. The first-order chi connectivity index (χ1) is 12.1. The average Bonchev–Trinajstić information content (AvgIpc) is 2.60. The molecule has 1 saturated heterocycles. The molecule has 0 spiro atoms. The fraction of sp³-hybridized carbons (Fsp3) is 0.588. The highest BCUT2D eigenvalue weighted by Crippen LogP contribution is 2.31. The molecule has 0 radical (unpaired) electrons. The Balaban J connectivity index is 2.01. The molecule has 0 saturated carbocycles. The molecule has 2 rings (SSSR count). The van der Waals surface area contributed by atoms with Crippen LogP contribution >= 0.6 is 0 Å². The van der Waals surface area contributed by atoms with Crippen LogP contribution in [0.1, 0.15) is 11.6 Å². The van der Waals surface area contributed by atoms with Crippen LogP contribution in [0.4, 0.5) is 4.39 Å². The van der Waals surface area contributed by atoms with Gasteiger partial charge in [0, 0.05) is 38.3 Å². The van der Waals surface area contributed by atoms with Crippen molar-refractivity contribution in [2.75, 3.05) is 59.7 Å². The second-order valence-corrected chi connectivity index (χ2v) is 5.84. The normalized spacial score (nSPS) is 17.4. The average molecular weight is 356 g/mol. The summed E-state index contributed by atoms with van der Waals surface area (Å²) in [5.41, 5.74) is 0.328. The number of carboxylic acid groups (broad SMARTS) is 1. The number of aliphatic carboxylic acids is 1. The molecule has 1 aliphatic heterocycles. The molecule has 25 heavy (non-hydrogen) atoms. The monoisotopic (exact) mass is 356 g/mol. The van der Waals surface area contributed by atoms with Crippen LogP contribution in [0.2, 0.25) is 0 Å². The van der Waals surface area contributed by atoms with E-state index in [0.717, 1.165) is 6.54 Å². The minimum atomic E-state index is -1.02. The summed E-state index contributed by atoms with van der Waals surface area (Å²) in [7, 11) is 1.44. The van der Waals surface area contributed by atoms with Gasteiger partial charge in [0.05, 0.1) is 26.9 Å². The quantitative estimate of drug-likeness (QED) is 0.627. The number of ether oxygens (including phenoxy) is 2. The van der Waals surface area contributed by atoms with Crippen LogP contribution in [-0.2, 0) is 9.53 Å². The van der Waals surface area contributed by atoms with Crippen LogP contribution in [-0.4, -0.2) is 85.6 Å². The van der Waals surface area contributed by atoms with Crippen LogP contribution in [0.5, 0.6) is 5.75 Å². The van der Waals surface area contributed by atoms with Crippen molar-refractivity contribution >= 4 is 5.97 Å². The van der Waals surface area contributed by atoms with E-state index in [1.54, 1.807) is 0 Å². The Hall–Kier alpha value is -1.74. The first kappa shape index (κ1) is 19.6. The molecule has 2 N–H and O–H groups in total. The molecular weight excluding hydrogens is 331 g/mol. The Morgan fingerprint density at radius 1 is 1.28 bits per heavy atom. The molecule has 1 aromatic carbocycles. The lowest BCUT2D eigenvalue weighted by atomic mass is 10.0. The lowest BCUT2D eigenvalue weighted by molar-refractivity contribution is -0.144. The molecule has 8 heteroatoms. The molecule has 1 aromatic rings. The van der Waals surface area contributed by atoms with E-state index < -0.39 is 17.8 Å². The fourth-order valence-corrected chi connectivity index (χ4v) is 3.01. The predicted molar refractivity (Wildman–Crippen MR) is 89.2 cm³/mol. The summed E-state index contributed by atoms with van der Waals surface area (Å²) < 4.78 is 24.1. The minimum absolute atomic E-state index is 0.00351. The number of carboxylic acids is 1. The third-order valence-corrected chi connectivity index (χ3v) is 4.28. The van der Waals surface area contributed by atoms with Gasteiger partial charge in [-0.15, -0.1) is 0 Å². The molecule has 1 heterocycles. The summed E-state index contributed by atoms with van der Waals surface area (Å²) in [6, 6.07) is 2.99. The predicted octanol–water partition coefficient (Wildman–Crippen LogP) is 0.587. The van der Waals surface area contributed by atoms with E-state index in [0.29, 0.717) is 50.7 Å². The van der Waals surface area contributed by atoms with E-state index in [4.69, 9.17) is 14.6 Å². The highest BCUT2D eigenvalue weighted by atomic mass is 19.1. The summed E-state index contributed by atoms with van der Waals surface area (Å²) in [5.74, 6) is -1.14. The second kappa shape index (κ2) is 9.67. The third kappa shape index (κ3) is 5.37. The summed E-state index contributed by atoms with van der Waals surface area (Å²) in [5, 5.41) is 18.4. The lowest BCUT2D eigenvalue weighted by Crippen LogP contribution is -2.50. The highest BCUT2D eigenvalue weighted by molar-refractivity contribution is 5.76. The largest absolute Gasteiger partial charge is 0.496 e. The Morgan fingerprint density at radius 2 is 2.00 bits per heavy atom. The summed E-state index contributed by atoms with van der Waals surface area (Å²) in [6.07, 6.45) is 0. The number of methoxy groups -OCH3 is 1. The van der Waals surface area contributed by atoms with Crippen molar-refractivity contribution in [3.8, 4) is 5.75 Å². The van der Waals surface area contributed by atoms with Gasteiger partial charge in [-0.1, -0.05) is 0 Å². The maximum atomic E-state index is 13.6. The maximum absolute atomic E-state index is 13.6. The molecular formula is C17H25FN2O5. The zero-order valence-corrected chi connectivity index (χ0v) is 14.4. The number of benzene rings is 1. The molecule has 1 aliphatic rings. The first-order valence-electron chi connectivity index (χ1n) is 8.28. The van der Waals surface area contributed by atoms with E-state index in [1.165, 1.54) is 25.3 Å². The van der Waals surface area contributed by atoms with Crippen molar-refractivity contribution in [2.24, 2.45) is 0 Å². The van der Waals surface area contributed by atoms with E-state index in [1.807, 2.05) is 4.90 Å². The van der Waals surface area contributed by atoms with E-state index in [-0.39, 0.29) is 6.61 Å².